The van der Waals surface area contributed by atoms with Crippen molar-refractivity contribution in [2.24, 2.45) is 0 Å². The van der Waals surface area contributed by atoms with Crippen LogP contribution >= 0.6 is 0 Å². The van der Waals surface area contributed by atoms with E-state index in [0.29, 0.717) is 0 Å². The quantitative estimate of drug-likeness (QED) is 0.737. The number of hydrogen-bond donors (Lipinski definition) is 1. The van der Waals surface area contributed by atoms with Gasteiger partial charge < -0.3 is 5.32 Å². The molecule has 74 valence electrons. The van der Waals surface area contributed by atoms with Gasteiger partial charge in [-0.05, 0) is 38.4 Å². The first-order chi connectivity index (χ1) is 6.72. The maximum atomic E-state index is 10.9. The molecule has 0 amide bonds. The molecule has 1 aromatic carbocycles. The molecular formula is C12H15NO. The fourth-order valence-corrected chi connectivity index (χ4v) is 1.99. The van der Waals surface area contributed by atoms with Crippen LogP contribution in [0.4, 0.5) is 0 Å². The van der Waals surface area contributed by atoms with Gasteiger partial charge in [-0.3, -0.25) is 4.79 Å². The van der Waals surface area contributed by atoms with E-state index in [1.807, 2.05) is 20.0 Å². The highest BCUT2D eigenvalue weighted by Gasteiger charge is 2.43. The van der Waals surface area contributed by atoms with Crippen molar-refractivity contribution in [3.63, 3.8) is 0 Å². The van der Waals surface area contributed by atoms with Crippen molar-refractivity contribution < 1.29 is 4.79 Å². The topological polar surface area (TPSA) is 29.1 Å². The second kappa shape index (κ2) is 3.21. The van der Waals surface area contributed by atoms with Gasteiger partial charge in [0.15, 0.2) is 0 Å². The Kier molecular flexibility index (Phi) is 2.16. The van der Waals surface area contributed by atoms with Crippen molar-refractivity contribution in [1.29, 1.82) is 0 Å². The molecule has 0 saturated heterocycles. The number of aldehydes is 1. The van der Waals surface area contributed by atoms with Gasteiger partial charge in [-0.25, -0.2) is 0 Å². The number of carbonyl (C=O) groups excluding carboxylic acids is 1. The Labute approximate surface area is 84.3 Å². The predicted molar refractivity (Wildman–Crippen MR) is 56.5 cm³/mol. The van der Waals surface area contributed by atoms with Gasteiger partial charge in [-0.1, -0.05) is 17.7 Å². The van der Waals surface area contributed by atoms with Crippen molar-refractivity contribution in [3.05, 3.63) is 34.9 Å². The van der Waals surface area contributed by atoms with Crippen molar-refractivity contribution in [1.82, 2.24) is 5.32 Å². The molecule has 1 aliphatic rings. The second-order valence-electron chi connectivity index (χ2n) is 4.04. The molecule has 0 heterocycles. The van der Waals surface area contributed by atoms with Gasteiger partial charge in [-0.2, -0.15) is 0 Å². The van der Waals surface area contributed by atoms with Crippen molar-refractivity contribution in [2.45, 2.75) is 25.3 Å². The van der Waals surface area contributed by atoms with Gasteiger partial charge >= 0.3 is 0 Å². The van der Waals surface area contributed by atoms with Crippen LogP contribution in [0.5, 0.6) is 0 Å². The van der Waals surface area contributed by atoms with E-state index in [0.717, 1.165) is 35.8 Å². The molecule has 2 rings (SSSR count). The lowest BCUT2D eigenvalue weighted by Gasteiger charge is -2.16. The van der Waals surface area contributed by atoms with Crippen molar-refractivity contribution in [2.75, 3.05) is 7.05 Å². The van der Waals surface area contributed by atoms with Crippen LogP contribution in [0.3, 0.4) is 0 Å². The average molecular weight is 189 g/mol. The highest BCUT2D eigenvalue weighted by molar-refractivity contribution is 5.78. The lowest BCUT2D eigenvalue weighted by atomic mass is 9.97. The highest BCUT2D eigenvalue weighted by atomic mass is 16.1. The monoisotopic (exact) mass is 189 g/mol. The van der Waals surface area contributed by atoms with Crippen molar-refractivity contribution >= 4 is 6.29 Å². The van der Waals surface area contributed by atoms with Crippen LogP contribution in [0.25, 0.3) is 0 Å². The van der Waals surface area contributed by atoms with Gasteiger partial charge in [0.2, 0.25) is 0 Å². The van der Waals surface area contributed by atoms with E-state index in [2.05, 4.69) is 17.4 Å². The molecule has 0 bridgehead atoms. The zero-order valence-corrected chi connectivity index (χ0v) is 8.63. The van der Waals surface area contributed by atoms with E-state index in [-0.39, 0.29) is 5.54 Å². The van der Waals surface area contributed by atoms with Gasteiger partial charge in [0, 0.05) is 11.1 Å². The molecule has 2 heteroatoms. The molecule has 0 radical (unpaired) electrons. The molecule has 0 atom stereocenters. The van der Waals surface area contributed by atoms with Crippen molar-refractivity contribution in [3.8, 4) is 0 Å². The summed E-state index contributed by atoms with van der Waals surface area (Å²) < 4.78 is 0. The molecule has 1 aromatic rings. The SMILES string of the molecule is CNC1(c2ccc(C)cc2C=O)CC1. The van der Waals surface area contributed by atoms with Crippen LogP contribution in [0.15, 0.2) is 18.2 Å². The highest BCUT2D eigenvalue weighted by Crippen LogP contribution is 2.46. The summed E-state index contributed by atoms with van der Waals surface area (Å²) in [6.45, 7) is 2.01. The average Bonchev–Trinajstić information content (AvgIpc) is 2.98. The standard InChI is InChI=1S/C12H15NO/c1-9-3-4-11(10(7-9)8-14)12(13-2)5-6-12/h3-4,7-8,13H,5-6H2,1-2H3. The Bertz CT molecular complexity index is 367. The Morgan fingerprint density at radius 1 is 1.43 bits per heavy atom. The Balaban J connectivity index is 2.47. The van der Waals surface area contributed by atoms with E-state index < -0.39 is 0 Å². The van der Waals surface area contributed by atoms with Crippen LogP contribution in [0.1, 0.15) is 34.3 Å². The van der Waals surface area contributed by atoms with E-state index in [1.165, 1.54) is 0 Å². The third-order valence-corrected chi connectivity index (χ3v) is 3.08. The molecular weight excluding hydrogens is 174 g/mol. The number of aryl methyl sites for hydroxylation is 1. The van der Waals surface area contributed by atoms with E-state index in [1.54, 1.807) is 0 Å². The summed E-state index contributed by atoms with van der Waals surface area (Å²) in [5.41, 5.74) is 3.21. The fraction of sp³-hybridized carbons (Fsp3) is 0.417. The number of carbonyl (C=O) groups is 1. The van der Waals surface area contributed by atoms with Crippen LogP contribution in [-0.2, 0) is 5.54 Å². The number of benzene rings is 1. The molecule has 0 unspecified atom stereocenters. The molecule has 1 fully saturated rings. The Hall–Kier alpha value is -1.15. The van der Waals surface area contributed by atoms with Gasteiger partial charge in [0.1, 0.15) is 6.29 Å². The zero-order valence-electron chi connectivity index (χ0n) is 8.63. The minimum atomic E-state index is 0.0872. The minimum Gasteiger partial charge on any atom is -0.310 e. The Morgan fingerprint density at radius 2 is 2.14 bits per heavy atom. The van der Waals surface area contributed by atoms with E-state index in [4.69, 9.17) is 0 Å². The minimum absolute atomic E-state index is 0.0872. The third-order valence-electron chi connectivity index (χ3n) is 3.08. The largest absolute Gasteiger partial charge is 0.310 e. The van der Waals surface area contributed by atoms with E-state index in [9.17, 15) is 4.79 Å². The van der Waals surface area contributed by atoms with Crippen LogP contribution in [0, 0.1) is 6.92 Å². The summed E-state index contributed by atoms with van der Waals surface area (Å²) in [7, 11) is 1.96. The van der Waals surface area contributed by atoms with Gasteiger partial charge in [0.25, 0.3) is 0 Å². The number of hydrogen-bond acceptors (Lipinski definition) is 2. The molecule has 0 spiro atoms. The van der Waals surface area contributed by atoms with Gasteiger partial charge in [-0.15, -0.1) is 0 Å². The summed E-state index contributed by atoms with van der Waals surface area (Å²) in [6.07, 6.45) is 3.22. The van der Waals surface area contributed by atoms with Crippen LogP contribution < -0.4 is 5.32 Å². The molecule has 0 aliphatic heterocycles. The number of nitrogens with one attached hydrogen (secondary N) is 1. The fourth-order valence-electron chi connectivity index (χ4n) is 1.99. The van der Waals surface area contributed by atoms with E-state index >= 15 is 0 Å². The summed E-state index contributed by atoms with van der Waals surface area (Å²) in [5, 5.41) is 3.30. The summed E-state index contributed by atoms with van der Waals surface area (Å²) in [5.74, 6) is 0. The maximum absolute atomic E-state index is 10.9. The first-order valence-corrected chi connectivity index (χ1v) is 4.97. The molecule has 0 aromatic heterocycles. The lowest BCUT2D eigenvalue weighted by molar-refractivity contribution is 0.112. The third kappa shape index (κ3) is 1.36. The molecule has 1 aliphatic carbocycles. The first-order valence-electron chi connectivity index (χ1n) is 4.97. The molecule has 14 heavy (non-hydrogen) atoms. The van der Waals surface area contributed by atoms with Crippen LogP contribution in [-0.4, -0.2) is 13.3 Å². The molecule has 2 nitrogen and oxygen atoms in total. The van der Waals surface area contributed by atoms with Gasteiger partial charge in [0.05, 0.1) is 0 Å². The lowest BCUT2D eigenvalue weighted by Crippen LogP contribution is -2.25. The number of rotatable bonds is 3. The molecule has 1 saturated carbocycles. The summed E-state index contributed by atoms with van der Waals surface area (Å²) >= 11 is 0. The normalized spacial score (nSPS) is 17.9. The second-order valence-corrected chi connectivity index (χ2v) is 4.04. The predicted octanol–water partition coefficient (Wildman–Crippen LogP) is 2.02. The smallest absolute Gasteiger partial charge is 0.150 e. The Morgan fingerprint density at radius 3 is 2.64 bits per heavy atom. The van der Waals surface area contributed by atoms with Crippen LogP contribution in [0.2, 0.25) is 0 Å². The summed E-state index contributed by atoms with van der Waals surface area (Å²) in [6, 6.07) is 6.10. The molecule has 1 N–H and O–H groups in total. The summed E-state index contributed by atoms with van der Waals surface area (Å²) in [4.78, 5) is 10.9. The first kappa shape index (κ1) is 9.41. The zero-order chi connectivity index (χ0) is 10.2. The maximum Gasteiger partial charge on any atom is 0.150 e.